The van der Waals surface area contributed by atoms with Crippen molar-refractivity contribution in [2.75, 3.05) is 18.0 Å². The number of anilines is 1. The SMILES string of the molecule is CC(=O)OC1CCN(c2nc(C(F)(F)F)ccc2C[NH3+])CC1. The van der Waals surface area contributed by atoms with Crippen LogP contribution in [0, 0.1) is 0 Å². The number of nitrogens with zero attached hydrogens (tertiary/aromatic N) is 2. The van der Waals surface area contributed by atoms with E-state index in [4.69, 9.17) is 4.74 Å². The molecule has 1 saturated heterocycles. The molecule has 0 amide bonds. The number of alkyl halides is 3. The minimum absolute atomic E-state index is 0.178. The first-order valence-electron chi connectivity index (χ1n) is 7.09. The molecule has 0 atom stereocenters. The van der Waals surface area contributed by atoms with Crippen molar-refractivity contribution >= 4 is 11.8 Å². The van der Waals surface area contributed by atoms with Crippen LogP contribution in [0.15, 0.2) is 12.1 Å². The third kappa shape index (κ3) is 3.88. The van der Waals surface area contributed by atoms with Crippen LogP contribution in [-0.4, -0.2) is 30.1 Å². The lowest BCUT2D eigenvalue weighted by atomic mass is 10.1. The first kappa shape index (κ1) is 16.5. The van der Waals surface area contributed by atoms with Gasteiger partial charge in [0.1, 0.15) is 24.2 Å². The number of rotatable bonds is 3. The zero-order valence-electron chi connectivity index (χ0n) is 12.3. The molecule has 1 fully saturated rings. The molecule has 1 aliphatic heterocycles. The van der Waals surface area contributed by atoms with Gasteiger partial charge in [-0.05, 0) is 12.1 Å². The Hall–Kier alpha value is -1.83. The molecule has 1 aliphatic rings. The lowest BCUT2D eigenvalue weighted by molar-refractivity contribution is -0.386. The fourth-order valence-electron chi connectivity index (χ4n) is 2.52. The van der Waals surface area contributed by atoms with Gasteiger partial charge >= 0.3 is 12.1 Å². The summed E-state index contributed by atoms with van der Waals surface area (Å²) in [7, 11) is 0. The predicted octanol–water partition coefficient (Wildman–Crippen LogP) is 1.37. The van der Waals surface area contributed by atoms with Crippen LogP contribution in [0.3, 0.4) is 0 Å². The van der Waals surface area contributed by atoms with E-state index in [9.17, 15) is 18.0 Å². The zero-order valence-corrected chi connectivity index (χ0v) is 12.3. The summed E-state index contributed by atoms with van der Waals surface area (Å²) in [5.74, 6) is -0.0137. The van der Waals surface area contributed by atoms with Gasteiger partial charge in [0.2, 0.25) is 0 Å². The highest BCUT2D eigenvalue weighted by molar-refractivity contribution is 5.66. The number of pyridine rings is 1. The topological polar surface area (TPSA) is 70.1 Å². The van der Waals surface area contributed by atoms with Crippen LogP contribution in [-0.2, 0) is 22.3 Å². The van der Waals surface area contributed by atoms with Crippen LogP contribution in [0.4, 0.5) is 19.0 Å². The van der Waals surface area contributed by atoms with Gasteiger partial charge in [0.05, 0.1) is 0 Å². The quantitative estimate of drug-likeness (QED) is 0.855. The molecular formula is C14H19F3N3O2+. The van der Waals surface area contributed by atoms with E-state index in [-0.39, 0.29) is 12.1 Å². The number of quaternary nitrogens is 1. The van der Waals surface area contributed by atoms with Gasteiger partial charge in [-0.1, -0.05) is 0 Å². The maximum atomic E-state index is 12.8. The van der Waals surface area contributed by atoms with Gasteiger partial charge in [0, 0.05) is 38.4 Å². The third-order valence-electron chi connectivity index (χ3n) is 3.59. The predicted molar refractivity (Wildman–Crippen MR) is 72.8 cm³/mol. The van der Waals surface area contributed by atoms with E-state index in [1.165, 1.54) is 13.0 Å². The largest absolute Gasteiger partial charge is 0.462 e. The number of carbonyl (C=O) groups excluding carboxylic acids is 1. The van der Waals surface area contributed by atoms with Gasteiger partial charge in [-0.25, -0.2) is 4.98 Å². The van der Waals surface area contributed by atoms with E-state index in [0.29, 0.717) is 43.9 Å². The van der Waals surface area contributed by atoms with Gasteiger partial charge < -0.3 is 15.4 Å². The van der Waals surface area contributed by atoms with Crippen LogP contribution in [0.5, 0.6) is 0 Å². The molecule has 0 bridgehead atoms. The average Bonchev–Trinajstić information content (AvgIpc) is 2.46. The van der Waals surface area contributed by atoms with Gasteiger partial charge in [-0.3, -0.25) is 4.79 Å². The Labute approximate surface area is 126 Å². The second-order valence-corrected chi connectivity index (χ2v) is 5.22. The standard InChI is InChI=1S/C14H18F3N3O2/c1-9(21)22-11-4-6-20(7-5-11)13-10(8-18)2-3-12(19-13)14(15,16)17/h2-3,11H,4-8,18H2,1H3/p+1. The van der Waals surface area contributed by atoms with Gasteiger partial charge in [-0.2, -0.15) is 13.2 Å². The van der Waals surface area contributed by atoms with Crippen molar-refractivity contribution < 1.29 is 28.4 Å². The number of ether oxygens (including phenoxy) is 1. The van der Waals surface area contributed by atoms with Crippen LogP contribution in [0.1, 0.15) is 31.0 Å². The van der Waals surface area contributed by atoms with E-state index < -0.39 is 11.9 Å². The van der Waals surface area contributed by atoms with E-state index in [1.807, 2.05) is 0 Å². The minimum atomic E-state index is -4.47. The van der Waals surface area contributed by atoms with Crippen molar-refractivity contribution in [1.82, 2.24) is 4.98 Å². The highest BCUT2D eigenvalue weighted by Gasteiger charge is 2.34. The molecule has 2 heterocycles. The number of esters is 1. The molecule has 0 unspecified atom stereocenters. The summed E-state index contributed by atoms with van der Waals surface area (Å²) in [6, 6.07) is 2.41. The van der Waals surface area contributed by atoms with Crippen LogP contribution in [0.2, 0.25) is 0 Å². The normalized spacial score (nSPS) is 16.7. The number of halogens is 3. The molecule has 0 aromatic carbocycles. The van der Waals surface area contributed by atoms with Crippen LogP contribution < -0.4 is 10.6 Å². The number of aromatic nitrogens is 1. The summed E-state index contributed by atoms with van der Waals surface area (Å²) < 4.78 is 43.6. The molecule has 1 aromatic heterocycles. The van der Waals surface area contributed by atoms with Crippen molar-refractivity contribution in [3.05, 3.63) is 23.4 Å². The molecule has 1 aromatic rings. The summed E-state index contributed by atoms with van der Waals surface area (Å²) in [5, 5.41) is 0. The molecule has 0 spiro atoms. The van der Waals surface area contributed by atoms with Crippen molar-refractivity contribution in [3.63, 3.8) is 0 Å². The first-order chi connectivity index (χ1) is 10.3. The number of carbonyl (C=O) groups is 1. The second kappa shape index (κ2) is 6.51. The summed E-state index contributed by atoms with van der Waals surface area (Å²) in [5.41, 5.74) is 3.52. The smallest absolute Gasteiger partial charge is 0.433 e. The molecule has 0 saturated carbocycles. The monoisotopic (exact) mass is 318 g/mol. The molecule has 8 heteroatoms. The van der Waals surface area contributed by atoms with Crippen LogP contribution in [0.25, 0.3) is 0 Å². The van der Waals surface area contributed by atoms with E-state index in [2.05, 4.69) is 10.7 Å². The lowest BCUT2D eigenvalue weighted by Gasteiger charge is -2.33. The molecule has 3 N–H and O–H groups in total. The highest BCUT2D eigenvalue weighted by Crippen LogP contribution is 2.31. The summed E-state index contributed by atoms with van der Waals surface area (Å²) in [6.07, 6.45) is -3.49. The minimum Gasteiger partial charge on any atom is -0.462 e. The maximum absolute atomic E-state index is 12.8. The molecule has 122 valence electrons. The number of hydrogen-bond donors (Lipinski definition) is 1. The Morgan fingerprint density at radius 1 is 1.41 bits per heavy atom. The summed E-state index contributed by atoms with van der Waals surface area (Å²) in [4.78, 5) is 16.5. The van der Waals surface area contributed by atoms with E-state index in [1.54, 1.807) is 4.90 Å². The lowest BCUT2D eigenvalue weighted by Crippen LogP contribution is -2.48. The third-order valence-corrected chi connectivity index (χ3v) is 3.59. The van der Waals surface area contributed by atoms with Crippen LogP contribution >= 0.6 is 0 Å². The van der Waals surface area contributed by atoms with Crippen molar-refractivity contribution in [1.29, 1.82) is 0 Å². The molecule has 0 aliphatic carbocycles. The van der Waals surface area contributed by atoms with Gasteiger partial charge in [0.25, 0.3) is 0 Å². The molecule has 2 rings (SSSR count). The summed E-state index contributed by atoms with van der Waals surface area (Å²) >= 11 is 0. The Kier molecular flexibility index (Phi) is 4.90. The molecular weight excluding hydrogens is 299 g/mol. The van der Waals surface area contributed by atoms with Gasteiger partial charge in [-0.15, -0.1) is 0 Å². The molecule has 22 heavy (non-hydrogen) atoms. The van der Waals surface area contributed by atoms with Crippen molar-refractivity contribution in [2.24, 2.45) is 0 Å². The average molecular weight is 318 g/mol. The van der Waals surface area contributed by atoms with Crippen molar-refractivity contribution in [2.45, 2.75) is 38.6 Å². The molecule has 5 nitrogen and oxygen atoms in total. The Morgan fingerprint density at radius 2 is 2.05 bits per heavy atom. The maximum Gasteiger partial charge on any atom is 0.433 e. The number of hydrogen-bond acceptors (Lipinski definition) is 4. The van der Waals surface area contributed by atoms with Gasteiger partial charge in [0.15, 0.2) is 0 Å². The second-order valence-electron chi connectivity index (χ2n) is 5.22. The number of piperidine rings is 1. The molecule has 0 radical (unpaired) electrons. The fourth-order valence-corrected chi connectivity index (χ4v) is 2.52. The fraction of sp³-hybridized carbons (Fsp3) is 0.571. The zero-order chi connectivity index (χ0) is 16.3. The Morgan fingerprint density at radius 3 is 2.55 bits per heavy atom. The first-order valence-corrected chi connectivity index (χ1v) is 7.09. The van der Waals surface area contributed by atoms with Crippen molar-refractivity contribution in [3.8, 4) is 0 Å². The highest BCUT2D eigenvalue weighted by atomic mass is 19.4. The van der Waals surface area contributed by atoms with E-state index in [0.717, 1.165) is 6.07 Å². The Bertz CT molecular complexity index is 541. The Balaban J connectivity index is 2.16. The summed E-state index contributed by atoms with van der Waals surface area (Å²) in [6.45, 7) is 2.71. The van der Waals surface area contributed by atoms with E-state index >= 15 is 0 Å².